The van der Waals surface area contributed by atoms with E-state index in [4.69, 9.17) is 9.84 Å². The molecule has 1 N–H and O–H groups in total. The average Bonchev–Trinajstić information content (AvgIpc) is 2.92. The summed E-state index contributed by atoms with van der Waals surface area (Å²) in [5.41, 5.74) is 0.290. The third-order valence-corrected chi connectivity index (χ3v) is 5.17. The lowest BCUT2D eigenvalue weighted by Crippen LogP contribution is -2.47. The molecule has 2 saturated heterocycles. The molecule has 3 heterocycles. The van der Waals surface area contributed by atoms with E-state index in [1.165, 1.54) is 30.6 Å². The minimum atomic E-state index is -0.944. The van der Waals surface area contributed by atoms with Gasteiger partial charge in [-0.05, 0) is 32.1 Å². The number of hydrogen-bond donors (Lipinski definition) is 1. The fourth-order valence-corrected chi connectivity index (χ4v) is 3.91. The molecule has 1 aromatic heterocycles. The van der Waals surface area contributed by atoms with E-state index in [0.29, 0.717) is 0 Å². The molecule has 0 saturated carbocycles. The van der Waals surface area contributed by atoms with Crippen LogP contribution in [-0.2, 0) is 11.3 Å². The molecule has 0 aliphatic carbocycles. The van der Waals surface area contributed by atoms with Crippen LogP contribution in [0.1, 0.15) is 47.6 Å². The maximum atomic E-state index is 10.8. The van der Waals surface area contributed by atoms with Crippen LogP contribution in [0.5, 0.6) is 0 Å². The molecule has 0 radical (unpaired) electrons. The Morgan fingerprint density at radius 1 is 1.40 bits per heavy atom. The number of carboxylic acids is 1. The monoisotopic (exact) mass is 296 g/mol. The fraction of sp³-hybridized carbons (Fsp3) is 0.714. The molecule has 110 valence electrons. The first-order valence-electron chi connectivity index (χ1n) is 7.21. The molecule has 2 aliphatic rings. The molecule has 2 fully saturated rings. The molecular formula is C14H20N2O3S. The molecule has 6 heteroatoms. The van der Waals surface area contributed by atoms with Gasteiger partial charge in [-0.3, -0.25) is 4.90 Å². The SMILES string of the molecule is O=C(O)c1csc(CN2CCC3(CCCCO3)CC2)n1. The summed E-state index contributed by atoms with van der Waals surface area (Å²) >= 11 is 1.43. The molecule has 0 bridgehead atoms. The van der Waals surface area contributed by atoms with Crippen LogP contribution in [0.2, 0.25) is 0 Å². The van der Waals surface area contributed by atoms with Gasteiger partial charge < -0.3 is 9.84 Å². The van der Waals surface area contributed by atoms with Crippen molar-refractivity contribution in [2.45, 2.75) is 44.2 Å². The molecule has 0 amide bonds. The van der Waals surface area contributed by atoms with Crippen LogP contribution >= 0.6 is 11.3 Å². The van der Waals surface area contributed by atoms with Crippen LogP contribution in [0, 0.1) is 0 Å². The van der Waals surface area contributed by atoms with Gasteiger partial charge in [0, 0.05) is 25.1 Å². The summed E-state index contributed by atoms with van der Waals surface area (Å²) < 4.78 is 6.02. The zero-order chi connectivity index (χ0) is 14.0. The second kappa shape index (κ2) is 5.79. The normalized spacial score (nSPS) is 23.0. The number of nitrogens with zero attached hydrogens (tertiary/aromatic N) is 2. The Balaban J connectivity index is 1.54. The molecule has 2 aliphatic heterocycles. The standard InChI is InChI=1S/C14H20N2O3S/c17-13(18)11-10-20-12(15-11)9-16-6-4-14(5-7-16)3-1-2-8-19-14/h10H,1-9H2,(H,17,18). The Morgan fingerprint density at radius 2 is 2.20 bits per heavy atom. The number of likely N-dealkylation sites (tertiary alicyclic amines) is 1. The summed E-state index contributed by atoms with van der Waals surface area (Å²) in [7, 11) is 0. The Hall–Kier alpha value is -0.980. The summed E-state index contributed by atoms with van der Waals surface area (Å²) in [5.74, 6) is -0.944. The molecule has 0 unspecified atom stereocenters. The van der Waals surface area contributed by atoms with Gasteiger partial charge in [0.05, 0.1) is 12.1 Å². The van der Waals surface area contributed by atoms with Gasteiger partial charge in [-0.15, -0.1) is 11.3 Å². The van der Waals surface area contributed by atoms with Gasteiger partial charge >= 0.3 is 5.97 Å². The van der Waals surface area contributed by atoms with Crippen molar-refractivity contribution in [3.05, 3.63) is 16.1 Å². The van der Waals surface area contributed by atoms with E-state index in [1.807, 2.05) is 0 Å². The van der Waals surface area contributed by atoms with Crippen LogP contribution < -0.4 is 0 Å². The van der Waals surface area contributed by atoms with Gasteiger partial charge in [-0.1, -0.05) is 0 Å². The predicted molar refractivity (Wildman–Crippen MR) is 76.1 cm³/mol. The van der Waals surface area contributed by atoms with Crippen molar-refractivity contribution in [2.75, 3.05) is 19.7 Å². The molecule has 0 atom stereocenters. The van der Waals surface area contributed by atoms with Gasteiger partial charge in [0.15, 0.2) is 5.69 Å². The van der Waals surface area contributed by atoms with Crippen LogP contribution in [-0.4, -0.2) is 46.3 Å². The zero-order valence-electron chi connectivity index (χ0n) is 11.5. The van der Waals surface area contributed by atoms with E-state index in [2.05, 4.69) is 9.88 Å². The minimum Gasteiger partial charge on any atom is -0.476 e. The highest BCUT2D eigenvalue weighted by atomic mass is 32.1. The Morgan fingerprint density at radius 3 is 2.80 bits per heavy atom. The Bertz CT molecular complexity index is 473. The van der Waals surface area contributed by atoms with Crippen molar-refractivity contribution in [1.82, 2.24) is 9.88 Å². The lowest BCUT2D eigenvalue weighted by atomic mass is 9.84. The third-order valence-electron chi connectivity index (χ3n) is 4.33. The largest absolute Gasteiger partial charge is 0.476 e. The van der Waals surface area contributed by atoms with Gasteiger partial charge in [0.1, 0.15) is 5.01 Å². The Labute approximate surface area is 122 Å². The number of aromatic nitrogens is 1. The molecule has 1 spiro atoms. The van der Waals surface area contributed by atoms with E-state index in [9.17, 15) is 4.79 Å². The van der Waals surface area contributed by atoms with Gasteiger partial charge in [0.25, 0.3) is 0 Å². The molecule has 20 heavy (non-hydrogen) atoms. The number of carboxylic acid groups (broad SMARTS) is 1. The van der Waals surface area contributed by atoms with Crippen molar-refractivity contribution in [1.29, 1.82) is 0 Å². The summed E-state index contributed by atoms with van der Waals surface area (Å²) in [6, 6.07) is 0. The van der Waals surface area contributed by atoms with Crippen molar-refractivity contribution in [3.8, 4) is 0 Å². The number of aromatic carboxylic acids is 1. The smallest absolute Gasteiger partial charge is 0.355 e. The van der Waals surface area contributed by atoms with Crippen molar-refractivity contribution in [3.63, 3.8) is 0 Å². The second-order valence-electron chi connectivity index (χ2n) is 5.70. The second-order valence-corrected chi connectivity index (χ2v) is 6.64. The van der Waals surface area contributed by atoms with Gasteiger partial charge in [-0.2, -0.15) is 0 Å². The highest BCUT2D eigenvalue weighted by Gasteiger charge is 2.36. The van der Waals surface area contributed by atoms with Gasteiger partial charge in [-0.25, -0.2) is 9.78 Å². The van der Waals surface area contributed by atoms with Crippen LogP contribution in [0.25, 0.3) is 0 Å². The molecule has 0 aromatic carbocycles. The summed E-state index contributed by atoms with van der Waals surface area (Å²) in [5, 5.41) is 11.4. The summed E-state index contributed by atoms with van der Waals surface area (Å²) in [6.45, 7) is 3.70. The summed E-state index contributed by atoms with van der Waals surface area (Å²) in [6.07, 6.45) is 5.85. The lowest BCUT2D eigenvalue weighted by molar-refractivity contribution is -0.112. The first-order valence-corrected chi connectivity index (χ1v) is 8.09. The van der Waals surface area contributed by atoms with E-state index >= 15 is 0 Å². The zero-order valence-corrected chi connectivity index (χ0v) is 12.3. The lowest BCUT2D eigenvalue weighted by Gasteiger charge is -2.43. The van der Waals surface area contributed by atoms with Crippen molar-refractivity contribution in [2.24, 2.45) is 0 Å². The molecule has 3 rings (SSSR count). The first-order chi connectivity index (χ1) is 9.67. The number of piperidine rings is 1. The van der Waals surface area contributed by atoms with Crippen molar-refractivity contribution < 1.29 is 14.6 Å². The van der Waals surface area contributed by atoms with Crippen molar-refractivity contribution >= 4 is 17.3 Å². The highest BCUT2D eigenvalue weighted by molar-refractivity contribution is 7.09. The minimum absolute atomic E-state index is 0.129. The maximum Gasteiger partial charge on any atom is 0.355 e. The third kappa shape index (κ3) is 3.02. The number of hydrogen-bond acceptors (Lipinski definition) is 5. The fourth-order valence-electron chi connectivity index (χ4n) is 3.10. The van der Waals surface area contributed by atoms with Gasteiger partial charge in [0.2, 0.25) is 0 Å². The number of carbonyl (C=O) groups is 1. The maximum absolute atomic E-state index is 10.8. The summed E-state index contributed by atoms with van der Waals surface area (Å²) in [4.78, 5) is 17.3. The predicted octanol–water partition coefficient (Wildman–Crippen LogP) is 2.38. The van der Waals surface area contributed by atoms with E-state index < -0.39 is 5.97 Å². The number of rotatable bonds is 3. The van der Waals surface area contributed by atoms with E-state index in [1.54, 1.807) is 5.38 Å². The van der Waals surface area contributed by atoms with Crippen LogP contribution in [0.15, 0.2) is 5.38 Å². The highest BCUT2D eigenvalue weighted by Crippen LogP contribution is 2.35. The molecule has 5 nitrogen and oxygen atoms in total. The number of ether oxygens (including phenoxy) is 1. The van der Waals surface area contributed by atoms with Crippen LogP contribution in [0.4, 0.5) is 0 Å². The number of thiazole rings is 1. The molecule has 1 aromatic rings. The average molecular weight is 296 g/mol. The van der Waals surface area contributed by atoms with Crippen LogP contribution in [0.3, 0.4) is 0 Å². The topological polar surface area (TPSA) is 62.7 Å². The van der Waals surface area contributed by atoms with E-state index in [0.717, 1.165) is 44.1 Å². The quantitative estimate of drug-likeness (QED) is 0.928. The first kappa shape index (κ1) is 14.0. The van der Waals surface area contributed by atoms with E-state index in [-0.39, 0.29) is 11.3 Å². The molecular weight excluding hydrogens is 276 g/mol. The Kier molecular flexibility index (Phi) is 4.05.